The average molecular weight is 299 g/mol. The van der Waals surface area contributed by atoms with E-state index in [2.05, 4.69) is 31.3 Å². The Labute approximate surface area is 107 Å². The summed E-state index contributed by atoms with van der Waals surface area (Å²) in [6.07, 6.45) is 0.685. The van der Waals surface area contributed by atoms with Crippen molar-refractivity contribution in [3.8, 4) is 0 Å². The van der Waals surface area contributed by atoms with Crippen molar-refractivity contribution >= 4 is 15.9 Å². The molecule has 0 N–H and O–H groups in total. The quantitative estimate of drug-likeness (QED) is 0.812. The third kappa shape index (κ3) is 3.09. The zero-order chi connectivity index (χ0) is 12.3. The summed E-state index contributed by atoms with van der Waals surface area (Å²) in [4.78, 5) is 1.44. The van der Waals surface area contributed by atoms with Crippen molar-refractivity contribution in [1.82, 2.24) is 20.2 Å². The Hall–Kier alpha value is -1.30. The molecule has 1 aromatic carbocycles. The van der Waals surface area contributed by atoms with Gasteiger partial charge in [0.05, 0.1) is 7.05 Å². The highest BCUT2D eigenvalue weighted by Gasteiger charge is 2.14. The van der Waals surface area contributed by atoms with E-state index in [0.717, 1.165) is 10.9 Å². The summed E-state index contributed by atoms with van der Waals surface area (Å²) in [6.45, 7) is 0. The van der Waals surface area contributed by atoms with Crippen LogP contribution in [0.2, 0.25) is 0 Å². The minimum Gasteiger partial charge on any atom is -0.207 e. The van der Waals surface area contributed by atoms with Crippen molar-refractivity contribution in [2.45, 2.75) is 12.3 Å². The minimum absolute atomic E-state index is 0.222. The Morgan fingerprint density at radius 3 is 2.59 bits per heavy atom. The summed E-state index contributed by atoms with van der Waals surface area (Å²) >= 11 is 3.46. The number of alkyl halides is 1. The van der Waals surface area contributed by atoms with Crippen molar-refractivity contribution in [1.29, 1.82) is 0 Å². The zero-order valence-electron chi connectivity index (χ0n) is 9.35. The van der Waals surface area contributed by atoms with E-state index in [1.165, 1.54) is 16.9 Å². The standard InChI is InChI=1S/C11H12BrFN4/c1-17-15-11(14-16-17)6-9(7-12)8-2-4-10(13)5-3-8/h2-5,9H,6-7H2,1H3. The van der Waals surface area contributed by atoms with Crippen LogP contribution in [0.4, 0.5) is 4.39 Å². The second kappa shape index (κ2) is 5.35. The van der Waals surface area contributed by atoms with E-state index in [1.54, 1.807) is 19.2 Å². The molecular formula is C11H12BrFN4. The smallest absolute Gasteiger partial charge is 0.175 e. The molecule has 17 heavy (non-hydrogen) atoms. The molecule has 2 aromatic rings. The Bertz CT molecular complexity index is 482. The van der Waals surface area contributed by atoms with Crippen LogP contribution in [0.5, 0.6) is 0 Å². The summed E-state index contributed by atoms with van der Waals surface area (Å²) in [5, 5.41) is 12.7. The Balaban J connectivity index is 2.13. The van der Waals surface area contributed by atoms with Gasteiger partial charge >= 0.3 is 0 Å². The lowest BCUT2D eigenvalue weighted by Gasteiger charge is -2.11. The van der Waals surface area contributed by atoms with Gasteiger partial charge in [-0.05, 0) is 22.9 Å². The molecule has 0 aliphatic rings. The van der Waals surface area contributed by atoms with Crippen LogP contribution < -0.4 is 0 Å². The van der Waals surface area contributed by atoms with E-state index in [0.29, 0.717) is 12.2 Å². The highest BCUT2D eigenvalue weighted by molar-refractivity contribution is 9.09. The zero-order valence-corrected chi connectivity index (χ0v) is 10.9. The first-order chi connectivity index (χ1) is 8.19. The highest BCUT2D eigenvalue weighted by Crippen LogP contribution is 2.21. The minimum atomic E-state index is -0.222. The molecule has 0 bridgehead atoms. The monoisotopic (exact) mass is 298 g/mol. The summed E-state index contributed by atoms with van der Waals surface area (Å²) in [6, 6.07) is 6.51. The van der Waals surface area contributed by atoms with Crippen LogP contribution in [-0.2, 0) is 13.5 Å². The van der Waals surface area contributed by atoms with Crippen LogP contribution in [0.3, 0.4) is 0 Å². The molecule has 0 aliphatic carbocycles. The molecule has 0 radical (unpaired) electrons. The van der Waals surface area contributed by atoms with Crippen molar-refractivity contribution in [3.05, 3.63) is 41.5 Å². The van der Waals surface area contributed by atoms with Crippen molar-refractivity contribution in [2.75, 3.05) is 5.33 Å². The van der Waals surface area contributed by atoms with Crippen molar-refractivity contribution in [2.24, 2.45) is 7.05 Å². The van der Waals surface area contributed by atoms with Crippen LogP contribution in [0.15, 0.2) is 24.3 Å². The largest absolute Gasteiger partial charge is 0.207 e. The molecule has 0 aliphatic heterocycles. The molecule has 0 saturated carbocycles. The maximum absolute atomic E-state index is 12.8. The number of rotatable bonds is 4. The molecule has 0 spiro atoms. The molecule has 0 fully saturated rings. The number of hydrogen-bond acceptors (Lipinski definition) is 3. The fourth-order valence-corrected chi connectivity index (χ4v) is 2.22. The first kappa shape index (κ1) is 12.2. The summed E-state index contributed by atoms with van der Waals surface area (Å²) in [7, 11) is 1.73. The molecule has 6 heteroatoms. The number of halogens is 2. The van der Waals surface area contributed by atoms with E-state index in [1.807, 2.05) is 0 Å². The summed E-state index contributed by atoms with van der Waals surface area (Å²) < 4.78 is 12.8. The van der Waals surface area contributed by atoms with E-state index >= 15 is 0 Å². The summed E-state index contributed by atoms with van der Waals surface area (Å²) in [5.74, 6) is 0.695. The van der Waals surface area contributed by atoms with Crippen molar-refractivity contribution < 1.29 is 4.39 Å². The maximum atomic E-state index is 12.8. The first-order valence-corrected chi connectivity index (χ1v) is 6.35. The van der Waals surface area contributed by atoms with Crippen LogP contribution in [0.25, 0.3) is 0 Å². The number of benzene rings is 1. The SMILES string of the molecule is Cn1nnc(CC(CBr)c2ccc(F)cc2)n1. The second-order valence-corrected chi connectivity index (χ2v) is 4.45. The van der Waals surface area contributed by atoms with E-state index < -0.39 is 0 Å². The van der Waals surface area contributed by atoms with E-state index in [9.17, 15) is 4.39 Å². The van der Waals surface area contributed by atoms with Gasteiger partial charge in [-0.1, -0.05) is 28.1 Å². The molecule has 0 amide bonds. The number of aryl methyl sites for hydroxylation is 1. The van der Waals surface area contributed by atoms with Crippen molar-refractivity contribution in [3.63, 3.8) is 0 Å². The molecule has 90 valence electrons. The molecular weight excluding hydrogens is 287 g/mol. The van der Waals surface area contributed by atoms with E-state index in [-0.39, 0.29) is 11.7 Å². The molecule has 4 nitrogen and oxygen atoms in total. The number of tetrazole rings is 1. The van der Waals surface area contributed by atoms with Gasteiger partial charge < -0.3 is 0 Å². The third-order valence-corrected chi connectivity index (χ3v) is 3.29. The number of hydrogen-bond donors (Lipinski definition) is 0. The molecule has 1 aromatic heterocycles. The fourth-order valence-electron chi connectivity index (χ4n) is 1.62. The molecule has 1 heterocycles. The van der Waals surface area contributed by atoms with Gasteiger partial charge in [-0.15, -0.1) is 10.2 Å². The van der Waals surface area contributed by atoms with Crippen LogP contribution in [0, 0.1) is 5.82 Å². The van der Waals surface area contributed by atoms with Gasteiger partial charge in [0, 0.05) is 17.7 Å². The Morgan fingerprint density at radius 1 is 1.35 bits per heavy atom. The lowest BCUT2D eigenvalue weighted by Crippen LogP contribution is -2.06. The van der Waals surface area contributed by atoms with Gasteiger partial charge in [0.25, 0.3) is 0 Å². The Morgan fingerprint density at radius 2 is 2.06 bits per heavy atom. The maximum Gasteiger partial charge on any atom is 0.175 e. The normalized spacial score (nSPS) is 12.6. The lowest BCUT2D eigenvalue weighted by atomic mass is 9.97. The predicted molar refractivity (Wildman–Crippen MR) is 65.4 cm³/mol. The van der Waals surface area contributed by atoms with Gasteiger partial charge in [-0.2, -0.15) is 4.80 Å². The highest BCUT2D eigenvalue weighted by atomic mass is 79.9. The van der Waals surface area contributed by atoms with Crippen LogP contribution in [-0.4, -0.2) is 25.5 Å². The van der Waals surface area contributed by atoms with Gasteiger partial charge in [0.1, 0.15) is 5.82 Å². The van der Waals surface area contributed by atoms with Gasteiger partial charge in [-0.3, -0.25) is 0 Å². The fraction of sp³-hybridized carbons (Fsp3) is 0.364. The van der Waals surface area contributed by atoms with Gasteiger partial charge in [0.2, 0.25) is 0 Å². The Kier molecular flexibility index (Phi) is 3.83. The predicted octanol–water partition coefficient (Wildman–Crippen LogP) is 2.07. The summed E-state index contributed by atoms with van der Waals surface area (Å²) in [5.41, 5.74) is 1.07. The topological polar surface area (TPSA) is 43.6 Å². The van der Waals surface area contributed by atoms with E-state index in [4.69, 9.17) is 0 Å². The van der Waals surface area contributed by atoms with Gasteiger partial charge in [-0.25, -0.2) is 4.39 Å². The van der Waals surface area contributed by atoms with Crippen LogP contribution in [0.1, 0.15) is 17.3 Å². The molecule has 1 atom stereocenters. The number of nitrogens with zero attached hydrogens (tertiary/aromatic N) is 4. The second-order valence-electron chi connectivity index (χ2n) is 3.80. The molecule has 2 rings (SSSR count). The first-order valence-electron chi connectivity index (χ1n) is 5.23. The van der Waals surface area contributed by atoms with Gasteiger partial charge in [0.15, 0.2) is 5.82 Å². The number of aromatic nitrogens is 4. The lowest BCUT2D eigenvalue weighted by molar-refractivity contribution is 0.622. The van der Waals surface area contributed by atoms with Crippen LogP contribution >= 0.6 is 15.9 Å². The molecule has 1 unspecified atom stereocenters. The molecule has 0 saturated heterocycles. The average Bonchev–Trinajstić information content (AvgIpc) is 2.73. The third-order valence-electron chi connectivity index (χ3n) is 2.51.